The van der Waals surface area contributed by atoms with Crippen molar-refractivity contribution >= 4 is 16.7 Å². The van der Waals surface area contributed by atoms with Crippen LogP contribution in [0.15, 0.2) is 35.1 Å². The fourth-order valence-electron chi connectivity index (χ4n) is 4.41. The van der Waals surface area contributed by atoms with Gasteiger partial charge in [0.05, 0.1) is 18.5 Å². The number of pyridine rings is 2. The highest BCUT2D eigenvalue weighted by molar-refractivity contribution is 5.95. The third kappa shape index (κ3) is 2.82. The number of rotatable bonds is 2. The zero-order chi connectivity index (χ0) is 21.1. The Bertz CT molecular complexity index is 1220. The van der Waals surface area contributed by atoms with Gasteiger partial charge in [-0.15, -0.1) is 0 Å². The van der Waals surface area contributed by atoms with Crippen LogP contribution in [0.3, 0.4) is 0 Å². The molecule has 0 spiro atoms. The molecule has 3 aromatic rings. The van der Waals surface area contributed by atoms with Crippen molar-refractivity contribution in [3.63, 3.8) is 0 Å². The smallest absolute Gasteiger partial charge is 0.341 e. The zero-order valence-electron chi connectivity index (χ0n) is 17.2. The number of hydrogen-bond acceptors (Lipinski definition) is 4. The van der Waals surface area contributed by atoms with Crippen molar-refractivity contribution in [2.24, 2.45) is 12.5 Å². The number of benzene rings is 1. The van der Waals surface area contributed by atoms with E-state index in [0.29, 0.717) is 23.7 Å². The van der Waals surface area contributed by atoms with Crippen LogP contribution >= 0.6 is 0 Å². The molecule has 6 heteroatoms. The lowest BCUT2D eigenvalue weighted by Crippen LogP contribution is -2.33. The predicted octanol–water partition coefficient (Wildman–Crippen LogP) is 3.99. The number of carboxylic acids is 1. The number of carboxylic acid groups (broad SMARTS) is 1. The molecule has 4 rings (SSSR count). The standard InChI is InChI=1S/C23H24N2O4/c1-23(2,3)17-11-14-12-8-6-7-9-13(12)20(29-5)24-18(14)19-15(17)10-16(22(27)28)21(26)25(19)4/h6-10,17H,11H2,1-5H3,(H,27,28). The molecule has 0 saturated heterocycles. The van der Waals surface area contributed by atoms with E-state index in [4.69, 9.17) is 9.72 Å². The quantitative estimate of drug-likeness (QED) is 0.713. The summed E-state index contributed by atoms with van der Waals surface area (Å²) in [5.74, 6) is -0.682. The van der Waals surface area contributed by atoms with E-state index in [1.807, 2.05) is 24.3 Å². The van der Waals surface area contributed by atoms with Gasteiger partial charge in [0.1, 0.15) is 5.56 Å². The largest absolute Gasteiger partial charge is 0.481 e. The Kier molecular flexibility index (Phi) is 4.26. The Morgan fingerprint density at radius 2 is 1.90 bits per heavy atom. The number of methoxy groups -OCH3 is 1. The van der Waals surface area contributed by atoms with Crippen molar-refractivity contribution in [1.82, 2.24) is 9.55 Å². The molecule has 0 fully saturated rings. The summed E-state index contributed by atoms with van der Waals surface area (Å²) in [7, 11) is 3.20. The van der Waals surface area contributed by atoms with Crippen LogP contribution < -0.4 is 10.3 Å². The van der Waals surface area contributed by atoms with Gasteiger partial charge < -0.3 is 14.4 Å². The predicted molar refractivity (Wildman–Crippen MR) is 112 cm³/mol. The summed E-state index contributed by atoms with van der Waals surface area (Å²) in [6, 6.07) is 9.51. The van der Waals surface area contributed by atoms with Gasteiger partial charge in [-0.2, -0.15) is 0 Å². The van der Waals surface area contributed by atoms with Crippen LogP contribution in [0.5, 0.6) is 5.88 Å². The van der Waals surface area contributed by atoms with Crippen molar-refractivity contribution in [3.05, 3.63) is 57.4 Å². The summed E-state index contributed by atoms with van der Waals surface area (Å²) in [4.78, 5) is 29.2. The normalized spacial score (nSPS) is 15.7. The van der Waals surface area contributed by atoms with E-state index < -0.39 is 11.5 Å². The molecule has 150 valence electrons. The molecular weight excluding hydrogens is 368 g/mol. The lowest BCUT2D eigenvalue weighted by molar-refractivity contribution is 0.0694. The van der Waals surface area contributed by atoms with Crippen molar-refractivity contribution in [1.29, 1.82) is 0 Å². The van der Waals surface area contributed by atoms with E-state index in [1.165, 1.54) is 4.57 Å². The van der Waals surface area contributed by atoms with Crippen molar-refractivity contribution in [2.45, 2.75) is 33.1 Å². The molecule has 0 amide bonds. The molecule has 1 unspecified atom stereocenters. The van der Waals surface area contributed by atoms with E-state index in [0.717, 1.165) is 21.9 Å². The van der Waals surface area contributed by atoms with E-state index in [1.54, 1.807) is 20.2 Å². The number of ether oxygens (including phenoxy) is 1. The molecule has 1 aliphatic rings. The SMILES string of the molecule is COc1nc2c(c3ccccc13)CC(C(C)(C)C)c1cc(C(=O)O)c(=O)n(C)c1-2. The summed E-state index contributed by atoms with van der Waals surface area (Å²) in [6.07, 6.45) is 0.709. The van der Waals surface area contributed by atoms with E-state index in [2.05, 4.69) is 20.8 Å². The van der Waals surface area contributed by atoms with Gasteiger partial charge in [0, 0.05) is 12.4 Å². The number of nitrogens with zero attached hydrogens (tertiary/aromatic N) is 2. The minimum Gasteiger partial charge on any atom is -0.481 e. The van der Waals surface area contributed by atoms with Crippen molar-refractivity contribution < 1.29 is 14.6 Å². The van der Waals surface area contributed by atoms with E-state index in [-0.39, 0.29) is 16.9 Å². The molecule has 0 aliphatic heterocycles. The Labute approximate surface area is 168 Å². The zero-order valence-corrected chi connectivity index (χ0v) is 17.2. The number of fused-ring (bicyclic) bond motifs is 5. The molecular formula is C23H24N2O4. The second-order valence-corrected chi connectivity index (χ2v) is 8.65. The van der Waals surface area contributed by atoms with Crippen LogP contribution in [0.2, 0.25) is 0 Å². The maximum Gasteiger partial charge on any atom is 0.341 e. The molecule has 6 nitrogen and oxygen atoms in total. The highest BCUT2D eigenvalue weighted by Gasteiger charge is 2.37. The Morgan fingerprint density at radius 3 is 2.48 bits per heavy atom. The van der Waals surface area contributed by atoms with Gasteiger partial charge in [-0.05, 0) is 46.4 Å². The summed E-state index contributed by atoms with van der Waals surface area (Å²) in [5, 5.41) is 11.5. The molecule has 0 bridgehead atoms. The van der Waals surface area contributed by atoms with Crippen LogP contribution in [-0.4, -0.2) is 27.7 Å². The van der Waals surface area contributed by atoms with E-state index in [9.17, 15) is 14.7 Å². The molecule has 2 heterocycles. The third-order valence-corrected chi connectivity index (χ3v) is 5.90. The third-order valence-electron chi connectivity index (χ3n) is 5.90. The average Bonchev–Trinajstić information content (AvgIpc) is 2.67. The summed E-state index contributed by atoms with van der Waals surface area (Å²) in [5.41, 5.74) is 2.38. The molecule has 0 radical (unpaired) electrons. The fraction of sp³-hybridized carbons (Fsp3) is 0.348. The fourth-order valence-corrected chi connectivity index (χ4v) is 4.41. The summed E-state index contributed by atoms with van der Waals surface area (Å²) >= 11 is 0. The van der Waals surface area contributed by atoms with Gasteiger partial charge in [-0.1, -0.05) is 39.0 Å². The first-order valence-electron chi connectivity index (χ1n) is 9.58. The molecule has 29 heavy (non-hydrogen) atoms. The maximum absolute atomic E-state index is 12.8. The van der Waals surface area contributed by atoms with Crippen LogP contribution in [0.4, 0.5) is 0 Å². The minimum absolute atomic E-state index is 0.0356. The van der Waals surface area contributed by atoms with Gasteiger partial charge in [0.2, 0.25) is 5.88 Å². The van der Waals surface area contributed by atoms with Crippen LogP contribution in [0.25, 0.3) is 22.2 Å². The molecule has 0 saturated carbocycles. The highest BCUT2D eigenvalue weighted by atomic mass is 16.5. The Balaban J connectivity index is 2.18. The lowest BCUT2D eigenvalue weighted by Gasteiger charge is -2.37. The first-order valence-corrected chi connectivity index (χ1v) is 9.58. The first kappa shape index (κ1) is 19.2. The van der Waals surface area contributed by atoms with Crippen LogP contribution in [-0.2, 0) is 13.5 Å². The second kappa shape index (κ2) is 6.44. The van der Waals surface area contributed by atoms with Gasteiger partial charge in [0.25, 0.3) is 5.56 Å². The Morgan fingerprint density at radius 1 is 1.24 bits per heavy atom. The number of hydrogen-bond donors (Lipinski definition) is 1. The number of aromatic nitrogens is 2. The number of carbonyl (C=O) groups is 1. The summed E-state index contributed by atoms with van der Waals surface area (Å²) in [6.45, 7) is 6.41. The second-order valence-electron chi connectivity index (χ2n) is 8.65. The lowest BCUT2D eigenvalue weighted by atomic mass is 9.69. The van der Waals surface area contributed by atoms with Gasteiger partial charge in [-0.25, -0.2) is 9.78 Å². The molecule has 1 atom stereocenters. The van der Waals surface area contributed by atoms with Crippen LogP contribution in [0.1, 0.15) is 48.2 Å². The van der Waals surface area contributed by atoms with Crippen LogP contribution in [0, 0.1) is 5.41 Å². The summed E-state index contributed by atoms with van der Waals surface area (Å²) < 4.78 is 6.97. The Hall–Kier alpha value is -3.15. The van der Waals surface area contributed by atoms with Crippen molar-refractivity contribution in [3.8, 4) is 17.3 Å². The molecule has 1 aliphatic carbocycles. The maximum atomic E-state index is 12.8. The van der Waals surface area contributed by atoms with Gasteiger partial charge in [0.15, 0.2) is 0 Å². The monoisotopic (exact) mass is 392 g/mol. The minimum atomic E-state index is -1.21. The molecule has 1 N–H and O–H groups in total. The average molecular weight is 392 g/mol. The first-order chi connectivity index (χ1) is 13.6. The van der Waals surface area contributed by atoms with Gasteiger partial charge >= 0.3 is 5.97 Å². The van der Waals surface area contributed by atoms with Crippen molar-refractivity contribution in [2.75, 3.05) is 7.11 Å². The van der Waals surface area contributed by atoms with Gasteiger partial charge in [-0.3, -0.25) is 4.79 Å². The van der Waals surface area contributed by atoms with E-state index >= 15 is 0 Å². The topological polar surface area (TPSA) is 81.4 Å². The highest BCUT2D eigenvalue weighted by Crippen LogP contribution is 2.49. The molecule has 2 aromatic heterocycles. The molecule has 1 aromatic carbocycles. The number of aromatic carboxylic acids is 1.